The Morgan fingerprint density at radius 2 is 1.90 bits per heavy atom. The first-order valence-corrected chi connectivity index (χ1v) is 9.42. The first-order chi connectivity index (χ1) is 14.3. The van der Waals surface area contributed by atoms with E-state index in [0.717, 1.165) is 12.1 Å². The van der Waals surface area contributed by atoms with E-state index in [1.54, 1.807) is 6.92 Å². The summed E-state index contributed by atoms with van der Waals surface area (Å²) in [5.74, 6) is -4.09. The number of amides is 2. The van der Waals surface area contributed by atoms with Crippen LogP contribution in [0.5, 0.6) is 0 Å². The second-order valence-corrected chi connectivity index (χ2v) is 8.40. The first kappa shape index (κ1) is 21.6. The van der Waals surface area contributed by atoms with Crippen LogP contribution in [0, 0.1) is 29.1 Å². The Morgan fingerprint density at radius 3 is 2.48 bits per heavy atom. The highest BCUT2D eigenvalue weighted by molar-refractivity contribution is 6.23. The maximum Gasteiger partial charge on any atom is 0.417 e. The number of ether oxygens (including phenoxy) is 2. The Balaban J connectivity index is 1.72. The number of hydrogen-bond acceptors (Lipinski definition) is 5. The van der Waals surface area contributed by atoms with Gasteiger partial charge in [-0.25, -0.2) is 4.90 Å². The smallest absolute Gasteiger partial charge is 0.367 e. The molecule has 4 rings (SSSR count). The summed E-state index contributed by atoms with van der Waals surface area (Å²) in [6.07, 6.45) is -4.67. The van der Waals surface area contributed by atoms with Crippen molar-refractivity contribution in [3.8, 4) is 6.07 Å². The number of nitriles is 1. The van der Waals surface area contributed by atoms with Gasteiger partial charge in [-0.1, -0.05) is 0 Å². The van der Waals surface area contributed by atoms with Gasteiger partial charge in [0, 0.05) is 5.92 Å². The molecule has 2 amide bonds. The van der Waals surface area contributed by atoms with Crippen LogP contribution in [0.2, 0.25) is 0 Å². The Labute approximate surface area is 173 Å². The zero-order valence-electron chi connectivity index (χ0n) is 16.4. The molecule has 166 valence electrons. The lowest BCUT2D eigenvalue weighted by atomic mass is 9.64. The van der Waals surface area contributed by atoms with Crippen molar-refractivity contribution in [1.29, 1.82) is 5.26 Å². The molecule has 5 atom stereocenters. The molecule has 3 fully saturated rings. The van der Waals surface area contributed by atoms with Crippen molar-refractivity contribution in [2.75, 3.05) is 11.5 Å². The van der Waals surface area contributed by atoms with Gasteiger partial charge in [-0.15, -0.1) is 0 Å². The van der Waals surface area contributed by atoms with Crippen LogP contribution in [0.3, 0.4) is 0 Å². The van der Waals surface area contributed by atoms with E-state index in [2.05, 4.69) is 4.74 Å². The van der Waals surface area contributed by atoms with Crippen LogP contribution in [0.15, 0.2) is 18.2 Å². The van der Waals surface area contributed by atoms with Crippen LogP contribution < -0.4 is 4.90 Å². The number of rotatable bonds is 4. The second-order valence-electron chi connectivity index (χ2n) is 8.40. The average Bonchev–Trinajstić information content (AvgIpc) is 3.19. The fraction of sp³-hybridized carbons (Fsp3) is 0.550. The molecule has 0 aliphatic carbocycles. The van der Waals surface area contributed by atoms with E-state index < -0.39 is 64.7 Å². The fourth-order valence-corrected chi connectivity index (χ4v) is 5.36. The van der Waals surface area contributed by atoms with Gasteiger partial charge < -0.3 is 9.47 Å². The van der Waals surface area contributed by atoms with Crippen molar-refractivity contribution >= 4 is 17.5 Å². The number of fused-ring (bicyclic) bond motifs is 5. The second kappa shape index (κ2) is 6.71. The minimum atomic E-state index is -4.86. The van der Waals surface area contributed by atoms with E-state index in [0.29, 0.717) is 11.0 Å². The standard InChI is InChI=1S/C20H17F5N2O4/c1-18-6-10(8-30-17(21)22)19(2,31-18)14-13(18)15(28)27(16(14)29)11-4-3-9(7-26)12(5-11)20(23,24)25/h3-5,10,13-14,17H,6,8H2,1-2H3. The lowest BCUT2D eigenvalue weighted by Crippen LogP contribution is -2.47. The van der Waals surface area contributed by atoms with Crippen molar-refractivity contribution in [3.63, 3.8) is 0 Å². The van der Waals surface area contributed by atoms with Gasteiger partial charge in [0.15, 0.2) is 0 Å². The number of alkyl halides is 5. The van der Waals surface area contributed by atoms with Crippen LogP contribution >= 0.6 is 0 Å². The summed E-state index contributed by atoms with van der Waals surface area (Å²) in [7, 11) is 0. The van der Waals surface area contributed by atoms with Gasteiger partial charge >= 0.3 is 12.8 Å². The van der Waals surface area contributed by atoms with Crippen molar-refractivity contribution in [2.45, 2.75) is 44.3 Å². The lowest BCUT2D eigenvalue weighted by molar-refractivity contribution is -0.155. The molecule has 3 aliphatic heterocycles. The predicted octanol–water partition coefficient (Wildman–Crippen LogP) is 3.49. The first-order valence-electron chi connectivity index (χ1n) is 9.42. The molecule has 0 aromatic heterocycles. The molecular formula is C20H17F5N2O4. The summed E-state index contributed by atoms with van der Waals surface area (Å²) >= 11 is 0. The molecule has 6 nitrogen and oxygen atoms in total. The Kier molecular flexibility index (Phi) is 4.68. The molecule has 3 saturated heterocycles. The Morgan fingerprint density at radius 1 is 1.26 bits per heavy atom. The van der Waals surface area contributed by atoms with E-state index in [4.69, 9.17) is 10.00 Å². The normalized spacial score (nSPS) is 34.5. The van der Waals surface area contributed by atoms with Gasteiger partial charge in [0.05, 0.1) is 52.5 Å². The Hall–Kier alpha value is -2.58. The van der Waals surface area contributed by atoms with Crippen LogP contribution in [0.25, 0.3) is 0 Å². The monoisotopic (exact) mass is 444 g/mol. The van der Waals surface area contributed by atoms with E-state index >= 15 is 0 Å². The number of carbonyl (C=O) groups is 2. The highest BCUT2D eigenvalue weighted by Gasteiger charge is 2.75. The maximum absolute atomic E-state index is 13.4. The third-order valence-corrected chi connectivity index (χ3v) is 6.61. The number of hydrogen-bond donors (Lipinski definition) is 0. The van der Waals surface area contributed by atoms with Gasteiger partial charge in [0.25, 0.3) is 0 Å². The highest BCUT2D eigenvalue weighted by atomic mass is 19.4. The summed E-state index contributed by atoms with van der Waals surface area (Å²) in [6.45, 7) is -0.267. The molecule has 1 aromatic rings. The van der Waals surface area contributed by atoms with E-state index in [-0.39, 0.29) is 18.7 Å². The molecule has 3 aliphatic rings. The third kappa shape index (κ3) is 3.03. The molecule has 2 bridgehead atoms. The zero-order valence-corrected chi connectivity index (χ0v) is 16.4. The number of halogens is 5. The molecule has 0 N–H and O–H groups in total. The summed E-state index contributed by atoms with van der Waals surface area (Å²) in [4.78, 5) is 27.1. The molecule has 11 heteroatoms. The van der Waals surface area contributed by atoms with E-state index in [9.17, 15) is 31.5 Å². The number of benzene rings is 1. The summed E-state index contributed by atoms with van der Waals surface area (Å²) in [6, 6.07) is 4.05. The average molecular weight is 444 g/mol. The van der Waals surface area contributed by atoms with Crippen molar-refractivity contribution in [3.05, 3.63) is 29.3 Å². The van der Waals surface area contributed by atoms with Crippen LogP contribution in [-0.2, 0) is 25.2 Å². The van der Waals surface area contributed by atoms with Crippen LogP contribution in [-0.4, -0.2) is 36.2 Å². The number of anilines is 1. The van der Waals surface area contributed by atoms with Gasteiger partial charge in [0.1, 0.15) is 0 Å². The van der Waals surface area contributed by atoms with Gasteiger partial charge in [-0.3, -0.25) is 9.59 Å². The molecule has 5 unspecified atom stereocenters. The SMILES string of the molecule is CC12CC(COC(F)F)C(C)(O1)C1C(=O)N(c3ccc(C#N)c(C(F)(F)F)c3)C(=O)C12. The Bertz CT molecular complexity index is 1010. The summed E-state index contributed by atoms with van der Waals surface area (Å²) < 4.78 is 75.5. The van der Waals surface area contributed by atoms with Crippen LogP contribution in [0.4, 0.5) is 27.6 Å². The number of nitrogens with zero attached hydrogens (tertiary/aromatic N) is 2. The minimum Gasteiger partial charge on any atom is -0.367 e. The van der Waals surface area contributed by atoms with Crippen molar-refractivity contribution in [1.82, 2.24) is 0 Å². The molecule has 3 heterocycles. The number of imide groups is 1. The molecule has 0 radical (unpaired) electrons. The molecule has 31 heavy (non-hydrogen) atoms. The molecule has 1 aromatic carbocycles. The largest absolute Gasteiger partial charge is 0.417 e. The quantitative estimate of drug-likeness (QED) is 0.525. The van der Waals surface area contributed by atoms with Crippen molar-refractivity contribution in [2.24, 2.45) is 17.8 Å². The molecular weight excluding hydrogens is 427 g/mol. The predicted molar refractivity (Wildman–Crippen MR) is 93.6 cm³/mol. The summed E-state index contributed by atoms with van der Waals surface area (Å²) in [5.41, 5.74) is -4.62. The highest BCUT2D eigenvalue weighted by Crippen LogP contribution is 2.63. The van der Waals surface area contributed by atoms with Gasteiger partial charge in [-0.2, -0.15) is 27.2 Å². The molecule has 0 spiro atoms. The zero-order chi connectivity index (χ0) is 22.9. The van der Waals surface area contributed by atoms with Crippen LogP contribution in [0.1, 0.15) is 31.4 Å². The summed E-state index contributed by atoms with van der Waals surface area (Å²) in [5, 5.41) is 8.96. The lowest BCUT2D eigenvalue weighted by Gasteiger charge is -2.35. The van der Waals surface area contributed by atoms with Crippen molar-refractivity contribution < 1.29 is 41.0 Å². The topological polar surface area (TPSA) is 79.6 Å². The maximum atomic E-state index is 13.4. The third-order valence-electron chi connectivity index (χ3n) is 6.61. The van der Waals surface area contributed by atoms with E-state index in [1.165, 1.54) is 13.0 Å². The van der Waals surface area contributed by atoms with E-state index in [1.807, 2.05) is 0 Å². The fourth-order valence-electron chi connectivity index (χ4n) is 5.36. The number of carbonyl (C=O) groups excluding carboxylic acids is 2. The van der Waals surface area contributed by atoms with Gasteiger partial charge in [0.2, 0.25) is 11.8 Å². The minimum absolute atomic E-state index is 0.186. The van der Waals surface area contributed by atoms with Gasteiger partial charge in [-0.05, 0) is 38.5 Å². The molecule has 0 saturated carbocycles.